The maximum absolute atomic E-state index is 11.9. The van der Waals surface area contributed by atoms with Crippen LogP contribution in [0.2, 0.25) is 0 Å². The minimum Gasteiger partial charge on any atom is -0.375 e. The van der Waals surface area contributed by atoms with E-state index >= 15 is 0 Å². The van der Waals surface area contributed by atoms with Gasteiger partial charge in [-0.25, -0.2) is 8.78 Å². The summed E-state index contributed by atoms with van der Waals surface area (Å²) < 4.78 is 30.6. The van der Waals surface area contributed by atoms with Gasteiger partial charge in [-0.05, 0) is 20.8 Å². The van der Waals surface area contributed by atoms with Crippen molar-refractivity contribution >= 4 is 11.6 Å². The highest BCUT2D eigenvalue weighted by Gasteiger charge is 2.22. The molecule has 1 heterocycles. The van der Waals surface area contributed by atoms with E-state index in [0.29, 0.717) is 18.1 Å². The first-order chi connectivity index (χ1) is 8.36. The van der Waals surface area contributed by atoms with Crippen LogP contribution in [0.3, 0.4) is 0 Å². The van der Waals surface area contributed by atoms with Crippen molar-refractivity contribution in [3.8, 4) is 0 Å². The SMILES string of the molecule is CC(C)(C)n1c(CCl)nnc1CCOCC(F)F. The molecule has 0 aliphatic heterocycles. The van der Waals surface area contributed by atoms with Crippen molar-refractivity contribution in [1.29, 1.82) is 0 Å². The number of alkyl halides is 3. The smallest absolute Gasteiger partial charge is 0.261 e. The highest BCUT2D eigenvalue weighted by atomic mass is 35.5. The van der Waals surface area contributed by atoms with Crippen LogP contribution in [0.4, 0.5) is 8.78 Å². The third-order valence-electron chi connectivity index (χ3n) is 2.30. The summed E-state index contributed by atoms with van der Waals surface area (Å²) in [6.45, 7) is 5.68. The Morgan fingerprint density at radius 3 is 2.39 bits per heavy atom. The molecule has 0 unspecified atom stereocenters. The molecule has 0 aliphatic rings. The molecule has 0 radical (unpaired) electrons. The minimum atomic E-state index is -2.44. The van der Waals surface area contributed by atoms with Crippen LogP contribution in [0.25, 0.3) is 0 Å². The van der Waals surface area contributed by atoms with Gasteiger partial charge in [0.25, 0.3) is 6.43 Å². The molecule has 1 aromatic rings. The first kappa shape index (κ1) is 15.3. The maximum atomic E-state index is 11.9. The predicted molar refractivity (Wildman–Crippen MR) is 65.1 cm³/mol. The second-order valence-corrected chi connectivity index (χ2v) is 5.16. The molecule has 1 rings (SSSR count). The maximum Gasteiger partial charge on any atom is 0.261 e. The average molecular weight is 282 g/mol. The molecule has 104 valence electrons. The lowest BCUT2D eigenvalue weighted by atomic mass is 10.1. The fraction of sp³-hybridized carbons (Fsp3) is 0.818. The van der Waals surface area contributed by atoms with Gasteiger partial charge in [-0.1, -0.05) is 0 Å². The summed E-state index contributed by atoms with van der Waals surface area (Å²) in [5.74, 6) is 1.64. The lowest BCUT2D eigenvalue weighted by Gasteiger charge is -2.24. The number of rotatable bonds is 6. The highest BCUT2D eigenvalue weighted by Crippen LogP contribution is 2.20. The lowest BCUT2D eigenvalue weighted by Crippen LogP contribution is -2.26. The zero-order valence-corrected chi connectivity index (χ0v) is 11.5. The topological polar surface area (TPSA) is 39.9 Å². The number of nitrogens with zero attached hydrogens (tertiary/aromatic N) is 3. The van der Waals surface area contributed by atoms with Gasteiger partial charge < -0.3 is 9.30 Å². The molecule has 0 fully saturated rings. The quantitative estimate of drug-likeness (QED) is 0.594. The summed E-state index contributed by atoms with van der Waals surface area (Å²) in [4.78, 5) is 0. The van der Waals surface area contributed by atoms with E-state index in [4.69, 9.17) is 16.3 Å². The number of halogens is 3. The summed E-state index contributed by atoms with van der Waals surface area (Å²) in [5, 5.41) is 8.02. The van der Waals surface area contributed by atoms with E-state index < -0.39 is 13.0 Å². The molecule has 0 aromatic carbocycles. The second-order valence-electron chi connectivity index (χ2n) is 4.89. The van der Waals surface area contributed by atoms with Crippen molar-refractivity contribution in [2.24, 2.45) is 0 Å². The molecule has 0 saturated heterocycles. The minimum absolute atomic E-state index is 0.195. The summed E-state index contributed by atoms with van der Waals surface area (Å²) in [6.07, 6.45) is -2.00. The fourth-order valence-corrected chi connectivity index (χ4v) is 1.89. The number of hydrogen-bond donors (Lipinski definition) is 0. The molecule has 0 atom stereocenters. The molecule has 18 heavy (non-hydrogen) atoms. The van der Waals surface area contributed by atoms with Gasteiger partial charge in [0.1, 0.15) is 18.3 Å². The van der Waals surface area contributed by atoms with Gasteiger partial charge in [0, 0.05) is 12.0 Å². The number of hydrogen-bond acceptors (Lipinski definition) is 3. The summed E-state index contributed by atoms with van der Waals surface area (Å²) in [6, 6.07) is 0. The fourth-order valence-electron chi connectivity index (χ4n) is 1.71. The Bertz CT molecular complexity index is 377. The normalized spacial score (nSPS) is 12.4. The summed E-state index contributed by atoms with van der Waals surface area (Å²) in [5.41, 5.74) is -0.203. The standard InChI is InChI=1S/C11H18ClF2N3O/c1-11(2,3)17-9(15-16-10(17)6-12)4-5-18-7-8(13)14/h8H,4-7H2,1-3H3. The van der Waals surface area contributed by atoms with Crippen LogP contribution in [-0.4, -0.2) is 34.4 Å². The zero-order chi connectivity index (χ0) is 13.8. The Morgan fingerprint density at radius 1 is 1.28 bits per heavy atom. The Balaban J connectivity index is 2.68. The number of aromatic nitrogens is 3. The molecule has 0 saturated carbocycles. The van der Waals surface area contributed by atoms with Crippen LogP contribution in [0, 0.1) is 0 Å². The molecule has 4 nitrogen and oxygen atoms in total. The molecule has 1 aromatic heterocycles. The molecule has 0 amide bonds. The molecule has 0 aliphatic carbocycles. The monoisotopic (exact) mass is 281 g/mol. The molecule has 7 heteroatoms. The molecular formula is C11H18ClF2N3O. The van der Waals surface area contributed by atoms with Crippen molar-refractivity contribution in [1.82, 2.24) is 14.8 Å². The first-order valence-corrected chi connectivity index (χ1v) is 6.25. The lowest BCUT2D eigenvalue weighted by molar-refractivity contribution is 0.0179. The van der Waals surface area contributed by atoms with Gasteiger partial charge in [-0.15, -0.1) is 21.8 Å². The van der Waals surface area contributed by atoms with Crippen LogP contribution in [0.1, 0.15) is 32.4 Å². The van der Waals surface area contributed by atoms with Gasteiger partial charge in [-0.3, -0.25) is 0 Å². The van der Waals surface area contributed by atoms with E-state index in [1.807, 2.05) is 25.3 Å². The van der Waals surface area contributed by atoms with E-state index in [1.165, 1.54) is 0 Å². The first-order valence-electron chi connectivity index (χ1n) is 5.71. The second kappa shape index (κ2) is 6.43. The Morgan fingerprint density at radius 2 is 1.89 bits per heavy atom. The largest absolute Gasteiger partial charge is 0.375 e. The van der Waals surface area contributed by atoms with Crippen molar-refractivity contribution in [2.75, 3.05) is 13.2 Å². The van der Waals surface area contributed by atoms with E-state index in [-0.39, 0.29) is 18.0 Å². The van der Waals surface area contributed by atoms with Crippen LogP contribution in [-0.2, 0) is 22.6 Å². The summed E-state index contributed by atoms with van der Waals surface area (Å²) in [7, 11) is 0. The van der Waals surface area contributed by atoms with Gasteiger partial charge in [0.2, 0.25) is 0 Å². The van der Waals surface area contributed by atoms with Gasteiger partial charge >= 0.3 is 0 Å². The van der Waals surface area contributed by atoms with E-state index in [0.717, 1.165) is 0 Å². The zero-order valence-electron chi connectivity index (χ0n) is 10.8. The van der Waals surface area contributed by atoms with Crippen LogP contribution < -0.4 is 0 Å². The van der Waals surface area contributed by atoms with Gasteiger partial charge in [0.15, 0.2) is 0 Å². The van der Waals surface area contributed by atoms with Crippen molar-refractivity contribution in [3.63, 3.8) is 0 Å². The summed E-state index contributed by atoms with van der Waals surface area (Å²) >= 11 is 5.80. The van der Waals surface area contributed by atoms with Gasteiger partial charge in [-0.2, -0.15) is 0 Å². The van der Waals surface area contributed by atoms with Crippen molar-refractivity contribution in [3.05, 3.63) is 11.6 Å². The molecule has 0 N–H and O–H groups in total. The average Bonchev–Trinajstić information content (AvgIpc) is 2.66. The van der Waals surface area contributed by atoms with Gasteiger partial charge in [0.05, 0.1) is 12.5 Å². The highest BCUT2D eigenvalue weighted by molar-refractivity contribution is 6.16. The third-order valence-corrected chi connectivity index (χ3v) is 2.54. The Labute approximate surface area is 110 Å². The van der Waals surface area contributed by atoms with Crippen LogP contribution >= 0.6 is 11.6 Å². The third kappa shape index (κ3) is 4.17. The van der Waals surface area contributed by atoms with E-state index in [2.05, 4.69) is 10.2 Å². The van der Waals surface area contributed by atoms with Crippen molar-refractivity contribution < 1.29 is 13.5 Å². The number of ether oxygens (including phenoxy) is 1. The Kier molecular flexibility index (Phi) is 5.47. The molecule has 0 spiro atoms. The predicted octanol–water partition coefficient (Wildman–Crippen LogP) is 2.60. The Hall–Kier alpha value is -0.750. The van der Waals surface area contributed by atoms with E-state index in [1.54, 1.807) is 0 Å². The van der Waals surface area contributed by atoms with E-state index in [9.17, 15) is 8.78 Å². The molecular weight excluding hydrogens is 264 g/mol. The van der Waals surface area contributed by atoms with Crippen LogP contribution in [0.15, 0.2) is 0 Å². The molecule has 0 bridgehead atoms. The van der Waals surface area contributed by atoms with Crippen molar-refractivity contribution in [2.45, 2.75) is 45.0 Å². The van der Waals surface area contributed by atoms with Crippen LogP contribution in [0.5, 0.6) is 0 Å².